The molecule has 0 aromatic heterocycles. The van der Waals surface area contributed by atoms with Gasteiger partial charge >= 0.3 is 5.97 Å². The van der Waals surface area contributed by atoms with Crippen molar-refractivity contribution in [1.29, 1.82) is 0 Å². The summed E-state index contributed by atoms with van der Waals surface area (Å²) >= 11 is 0. The van der Waals surface area contributed by atoms with Crippen LogP contribution in [0, 0.1) is 0 Å². The van der Waals surface area contributed by atoms with Crippen LogP contribution in [0.2, 0.25) is 0 Å². The van der Waals surface area contributed by atoms with Gasteiger partial charge in [-0.3, -0.25) is 4.79 Å². The number of methoxy groups -OCH3 is 1. The summed E-state index contributed by atoms with van der Waals surface area (Å²) in [7, 11) is 1.24. The van der Waals surface area contributed by atoms with Crippen LogP contribution in [-0.2, 0) is 19.1 Å². The zero-order valence-electron chi connectivity index (χ0n) is 9.36. The van der Waals surface area contributed by atoms with Crippen LogP contribution < -0.4 is 5.32 Å². The van der Waals surface area contributed by atoms with E-state index < -0.39 is 42.5 Å². The van der Waals surface area contributed by atoms with Crippen LogP contribution >= 0.6 is 0 Å². The Balaban J connectivity index is 2.86. The van der Waals surface area contributed by atoms with Gasteiger partial charge in [-0.15, -0.1) is 0 Å². The molecule has 0 unspecified atom stereocenters. The Bertz CT molecular complexity index is 306. The van der Waals surface area contributed by atoms with E-state index in [2.05, 4.69) is 5.32 Å². The minimum absolute atomic E-state index is 0.458. The van der Waals surface area contributed by atoms with Crippen LogP contribution in [0.1, 0.15) is 6.92 Å². The van der Waals surface area contributed by atoms with Gasteiger partial charge in [-0.25, -0.2) is 4.79 Å². The number of carboxylic acids is 1. The van der Waals surface area contributed by atoms with Crippen molar-refractivity contribution < 1.29 is 34.4 Å². The van der Waals surface area contributed by atoms with Crippen molar-refractivity contribution in [2.45, 2.75) is 37.6 Å². The monoisotopic (exact) mass is 249 g/mol. The molecule has 0 bridgehead atoms. The highest BCUT2D eigenvalue weighted by molar-refractivity contribution is 5.74. The van der Waals surface area contributed by atoms with E-state index >= 15 is 0 Å². The molecule has 5 atom stereocenters. The van der Waals surface area contributed by atoms with Gasteiger partial charge in [0.15, 0.2) is 12.4 Å². The van der Waals surface area contributed by atoms with Crippen molar-refractivity contribution >= 4 is 11.9 Å². The zero-order valence-corrected chi connectivity index (χ0v) is 9.36. The number of aliphatic carboxylic acids is 1. The number of nitrogens with one attached hydrogen (secondary N) is 1. The quantitative estimate of drug-likeness (QED) is 0.442. The molecule has 17 heavy (non-hydrogen) atoms. The molecule has 1 saturated heterocycles. The second-order valence-electron chi connectivity index (χ2n) is 3.71. The second-order valence-corrected chi connectivity index (χ2v) is 3.71. The maximum absolute atomic E-state index is 10.9. The van der Waals surface area contributed by atoms with Gasteiger partial charge in [0.05, 0.1) is 0 Å². The number of carboxylic acid groups (broad SMARTS) is 1. The maximum Gasteiger partial charge on any atom is 0.335 e. The van der Waals surface area contributed by atoms with Crippen LogP contribution in [0.4, 0.5) is 0 Å². The Morgan fingerprint density at radius 2 is 1.88 bits per heavy atom. The topological polar surface area (TPSA) is 125 Å². The number of hydrogen-bond donors (Lipinski definition) is 4. The third-order valence-corrected chi connectivity index (χ3v) is 2.45. The summed E-state index contributed by atoms with van der Waals surface area (Å²) < 4.78 is 9.78. The van der Waals surface area contributed by atoms with Crippen molar-refractivity contribution in [2.75, 3.05) is 7.11 Å². The molecule has 98 valence electrons. The molecule has 0 aliphatic carbocycles. The maximum atomic E-state index is 10.9. The molecule has 1 aliphatic rings. The van der Waals surface area contributed by atoms with Crippen LogP contribution in [0.3, 0.4) is 0 Å². The van der Waals surface area contributed by atoms with Crippen molar-refractivity contribution in [3.63, 3.8) is 0 Å². The molecule has 1 rings (SSSR count). The molecule has 1 heterocycles. The fourth-order valence-corrected chi connectivity index (χ4v) is 1.66. The SMILES string of the molecule is CO[C@@H]1O[C@H](C(=O)O)[C@@H](O)[C@H](O)[C@H]1NC(C)=O. The highest BCUT2D eigenvalue weighted by Crippen LogP contribution is 2.21. The number of carbonyl (C=O) groups is 2. The minimum Gasteiger partial charge on any atom is -0.479 e. The lowest BCUT2D eigenvalue weighted by molar-refractivity contribution is -0.257. The first kappa shape index (κ1) is 13.8. The molecule has 1 fully saturated rings. The lowest BCUT2D eigenvalue weighted by Gasteiger charge is -2.40. The summed E-state index contributed by atoms with van der Waals surface area (Å²) in [5.41, 5.74) is 0. The number of rotatable bonds is 3. The first-order valence-electron chi connectivity index (χ1n) is 4.92. The fourth-order valence-electron chi connectivity index (χ4n) is 1.66. The lowest BCUT2D eigenvalue weighted by Crippen LogP contribution is -2.65. The molecule has 0 aromatic rings. The van der Waals surface area contributed by atoms with Crippen molar-refractivity contribution in [3.8, 4) is 0 Å². The molecule has 0 radical (unpaired) electrons. The molecule has 4 N–H and O–H groups in total. The van der Waals surface area contributed by atoms with Gasteiger partial charge < -0.3 is 30.1 Å². The van der Waals surface area contributed by atoms with Crippen molar-refractivity contribution in [1.82, 2.24) is 5.32 Å². The third-order valence-electron chi connectivity index (χ3n) is 2.45. The average molecular weight is 249 g/mol. The van der Waals surface area contributed by atoms with Crippen LogP contribution in [-0.4, -0.2) is 64.9 Å². The van der Waals surface area contributed by atoms with Crippen LogP contribution in [0.5, 0.6) is 0 Å². The summed E-state index contributed by atoms with van der Waals surface area (Å²) in [5.74, 6) is -1.87. The predicted molar refractivity (Wildman–Crippen MR) is 52.9 cm³/mol. The Kier molecular flexibility index (Phi) is 4.40. The molecular weight excluding hydrogens is 234 g/mol. The third kappa shape index (κ3) is 2.91. The Labute approximate surface area is 97.1 Å². The number of aliphatic hydroxyl groups excluding tert-OH is 2. The largest absolute Gasteiger partial charge is 0.479 e. The van der Waals surface area contributed by atoms with E-state index in [4.69, 9.17) is 14.6 Å². The smallest absolute Gasteiger partial charge is 0.335 e. The van der Waals surface area contributed by atoms with Crippen LogP contribution in [0.25, 0.3) is 0 Å². The summed E-state index contributed by atoms with van der Waals surface area (Å²) in [5, 5.41) is 30.4. The number of hydrogen-bond acceptors (Lipinski definition) is 6. The summed E-state index contributed by atoms with van der Waals surface area (Å²) in [6.07, 6.45) is -5.87. The number of aliphatic hydroxyl groups is 2. The van der Waals surface area contributed by atoms with Gasteiger partial charge in [0.1, 0.15) is 18.2 Å². The van der Waals surface area contributed by atoms with E-state index in [1.54, 1.807) is 0 Å². The number of carbonyl (C=O) groups excluding carboxylic acids is 1. The summed E-state index contributed by atoms with van der Waals surface area (Å²) in [4.78, 5) is 21.7. The standard InChI is InChI=1S/C9H15NO7/c1-3(11)10-4-5(12)6(13)7(8(14)15)17-9(4)16-2/h4-7,9,12-13H,1-2H3,(H,10,11)(H,14,15)/t4-,5-,6+,7+,9-/m1/s1. The zero-order chi connectivity index (χ0) is 13.2. The van der Waals surface area contributed by atoms with Gasteiger partial charge in [-0.2, -0.15) is 0 Å². The molecule has 0 saturated carbocycles. The van der Waals surface area contributed by atoms with Gasteiger partial charge in [0.25, 0.3) is 0 Å². The van der Waals surface area contributed by atoms with E-state index in [1.807, 2.05) is 0 Å². The Morgan fingerprint density at radius 1 is 1.29 bits per heavy atom. The fraction of sp³-hybridized carbons (Fsp3) is 0.778. The first-order valence-corrected chi connectivity index (χ1v) is 4.92. The molecule has 8 heteroatoms. The lowest BCUT2D eigenvalue weighted by atomic mass is 9.96. The highest BCUT2D eigenvalue weighted by atomic mass is 16.7. The molecule has 1 aliphatic heterocycles. The van der Waals surface area contributed by atoms with E-state index in [0.29, 0.717) is 0 Å². The van der Waals surface area contributed by atoms with Crippen molar-refractivity contribution in [2.24, 2.45) is 0 Å². The Morgan fingerprint density at radius 3 is 2.29 bits per heavy atom. The van der Waals surface area contributed by atoms with E-state index in [-0.39, 0.29) is 0 Å². The average Bonchev–Trinajstić information content (AvgIpc) is 2.24. The van der Waals surface area contributed by atoms with Gasteiger partial charge in [-0.1, -0.05) is 0 Å². The molecule has 0 aromatic carbocycles. The van der Waals surface area contributed by atoms with Gasteiger partial charge in [0.2, 0.25) is 5.91 Å². The minimum atomic E-state index is -1.64. The normalized spacial score (nSPS) is 37.5. The van der Waals surface area contributed by atoms with E-state index in [1.165, 1.54) is 14.0 Å². The summed E-state index contributed by atoms with van der Waals surface area (Å²) in [6.45, 7) is 1.22. The number of amides is 1. The second kappa shape index (κ2) is 5.41. The molecular formula is C9H15NO7. The first-order chi connectivity index (χ1) is 7.88. The molecule has 0 spiro atoms. The van der Waals surface area contributed by atoms with Gasteiger partial charge in [0, 0.05) is 14.0 Å². The van der Waals surface area contributed by atoms with E-state index in [9.17, 15) is 19.8 Å². The van der Waals surface area contributed by atoms with Crippen molar-refractivity contribution in [3.05, 3.63) is 0 Å². The van der Waals surface area contributed by atoms with E-state index in [0.717, 1.165) is 0 Å². The highest BCUT2D eigenvalue weighted by Gasteiger charge is 2.48. The molecule has 8 nitrogen and oxygen atoms in total. The Hall–Kier alpha value is -1.22. The number of ether oxygens (including phenoxy) is 2. The predicted octanol–water partition coefficient (Wildman–Crippen LogP) is -2.33. The summed E-state index contributed by atoms with van der Waals surface area (Å²) in [6, 6.07) is -1.02. The van der Waals surface area contributed by atoms with Gasteiger partial charge in [-0.05, 0) is 0 Å². The van der Waals surface area contributed by atoms with Crippen LogP contribution in [0.15, 0.2) is 0 Å². The molecule has 1 amide bonds.